The molecular weight excluding hydrogens is 320 g/mol. The standard InChI is InChI=1S/C18H32N4OS/c1-3-19-18(20-9-5-6-13-23-4-2)21-10-12-22-11-7-17-16(15-22)8-14-24-17/h8,14H,3-7,9-13,15H2,1-2H3,(H2,19,20,21). The Kier molecular flexibility index (Phi) is 9.16. The number of nitrogens with zero attached hydrogens (tertiary/aromatic N) is 2. The largest absolute Gasteiger partial charge is 0.382 e. The predicted octanol–water partition coefficient (Wildman–Crippen LogP) is 2.48. The third-order valence-electron chi connectivity index (χ3n) is 4.12. The Balaban J connectivity index is 1.64. The number of thiophene rings is 1. The summed E-state index contributed by atoms with van der Waals surface area (Å²) in [6.07, 6.45) is 3.35. The Labute approximate surface area is 150 Å². The lowest BCUT2D eigenvalue weighted by Crippen LogP contribution is -2.42. The molecule has 0 fully saturated rings. The van der Waals surface area contributed by atoms with Gasteiger partial charge in [0.05, 0.1) is 0 Å². The van der Waals surface area contributed by atoms with Gasteiger partial charge in [-0.2, -0.15) is 0 Å². The Bertz CT molecular complexity index is 489. The lowest BCUT2D eigenvalue weighted by molar-refractivity contribution is 0.144. The first-order valence-electron chi connectivity index (χ1n) is 9.21. The lowest BCUT2D eigenvalue weighted by Gasteiger charge is -2.27. The van der Waals surface area contributed by atoms with Gasteiger partial charge in [0.1, 0.15) is 0 Å². The van der Waals surface area contributed by atoms with Crippen LogP contribution < -0.4 is 10.6 Å². The molecule has 0 aliphatic carbocycles. The van der Waals surface area contributed by atoms with Crippen LogP contribution in [0.5, 0.6) is 0 Å². The Morgan fingerprint density at radius 1 is 1.33 bits per heavy atom. The van der Waals surface area contributed by atoms with Crippen LogP contribution in [-0.2, 0) is 17.7 Å². The molecule has 0 saturated heterocycles. The van der Waals surface area contributed by atoms with Gasteiger partial charge in [-0.25, -0.2) is 0 Å². The maximum Gasteiger partial charge on any atom is 0.191 e. The van der Waals surface area contributed by atoms with Gasteiger partial charge in [-0.05, 0) is 50.1 Å². The first kappa shape index (κ1) is 19.2. The second kappa shape index (κ2) is 11.4. The molecule has 0 saturated carbocycles. The maximum atomic E-state index is 5.35. The van der Waals surface area contributed by atoms with E-state index in [1.807, 2.05) is 18.3 Å². The molecule has 1 aromatic rings. The van der Waals surface area contributed by atoms with Crippen LogP contribution in [0.1, 0.15) is 37.1 Å². The monoisotopic (exact) mass is 352 g/mol. The van der Waals surface area contributed by atoms with Crippen LogP contribution >= 0.6 is 11.3 Å². The molecule has 2 N–H and O–H groups in total. The number of guanidine groups is 1. The fourth-order valence-electron chi connectivity index (χ4n) is 2.82. The van der Waals surface area contributed by atoms with Crippen molar-refractivity contribution in [2.24, 2.45) is 4.99 Å². The molecule has 1 aliphatic heterocycles. The number of ether oxygens (including phenoxy) is 1. The summed E-state index contributed by atoms with van der Waals surface area (Å²) in [5.74, 6) is 0.933. The van der Waals surface area contributed by atoms with E-state index in [0.717, 1.165) is 64.7 Å². The number of hydrogen-bond acceptors (Lipinski definition) is 4. The Hall–Kier alpha value is -1.11. The average molecular weight is 353 g/mol. The molecule has 5 nitrogen and oxygen atoms in total. The summed E-state index contributed by atoms with van der Waals surface area (Å²) in [6, 6.07) is 2.27. The van der Waals surface area contributed by atoms with Crippen molar-refractivity contribution in [1.82, 2.24) is 15.5 Å². The van der Waals surface area contributed by atoms with Crippen molar-refractivity contribution in [2.45, 2.75) is 39.7 Å². The molecule has 136 valence electrons. The topological polar surface area (TPSA) is 48.9 Å². The number of nitrogens with one attached hydrogen (secondary N) is 2. The summed E-state index contributed by atoms with van der Waals surface area (Å²) in [7, 11) is 0. The molecule has 2 rings (SSSR count). The second-order valence-corrected chi connectivity index (χ2v) is 6.99. The van der Waals surface area contributed by atoms with Crippen LogP contribution in [0.2, 0.25) is 0 Å². The van der Waals surface area contributed by atoms with Crippen LogP contribution in [-0.4, -0.2) is 56.8 Å². The van der Waals surface area contributed by atoms with E-state index in [-0.39, 0.29) is 0 Å². The third kappa shape index (κ3) is 6.79. The summed E-state index contributed by atoms with van der Waals surface area (Å²) in [5.41, 5.74) is 1.51. The van der Waals surface area contributed by atoms with Gasteiger partial charge in [-0.3, -0.25) is 9.89 Å². The zero-order chi connectivity index (χ0) is 17.0. The lowest BCUT2D eigenvalue weighted by atomic mass is 10.1. The molecule has 0 bridgehead atoms. The van der Waals surface area contributed by atoms with E-state index in [2.05, 4.69) is 38.9 Å². The number of rotatable bonds is 10. The van der Waals surface area contributed by atoms with Crippen LogP contribution in [0.4, 0.5) is 0 Å². The minimum Gasteiger partial charge on any atom is -0.382 e. The molecule has 1 aromatic heterocycles. The molecule has 0 spiro atoms. The molecule has 0 unspecified atom stereocenters. The van der Waals surface area contributed by atoms with Crippen molar-refractivity contribution in [3.63, 3.8) is 0 Å². The Morgan fingerprint density at radius 2 is 2.25 bits per heavy atom. The fourth-order valence-corrected chi connectivity index (χ4v) is 3.71. The summed E-state index contributed by atoms with van der Waals surface area (Å²) < 4.78 is 5.35. The normalized spacial score (nSPS) is 15.3. The van der Waals surface area contributed by atoms with Crippen molar-refractivity contribution in [1.29, 1.82) is 0 Å². The SMILES string of the molecule is CCNC(=NCCCCOCC)NCCN1CCc2sccc2C1. The van der Waals surface area contributed by atoms with Gasteiger partial charge >= 0.3 is 0 Å². The molecule has 0 atom stereocenters. The van der Waals surface area contributed by atoms with Crippen LogP contribution in [0, 0.1) is 0 Å². The van der Waals surface area contributed by atoms with E-state index >= 15 is 0 Å². The summed E-state index contributed by atoms with van der Waals surface area (Å²) >= 11 is 1.90. The highest BCUT2D eigenvalue weighted by Gasteiger charge is 2.16. The highest BCUT2D eigenvalue weighted by Crippen LogP contribution is 2.23. The van der Waals surface area contributed by atoms with E-state index in [0.29, 0.717) is 0 Å². The van der Waals surface area contributed by atoms with Gasteiger partial charge < -0.3 is 15.4 Å². The van der Waals surface area contributed by atoms with Gasteiger partial charge in [0, 0.05) is 57.4 Å². The highest BCUT2D eigenvalue weighted by atomic mass is 32.1. The number of fused-ring (bicyclic) bond motifs is 1. The average Bonchev–Trinajstić information content (AvgIpc) is 3.05. The zero-order valence-electron chi connectivity index (χ0n) is 15.1. The van der Waals surface area contributed by atoms with Crippen molar-refractivity contribution in [3.8, 4) is 0 Å². The molecule has 1 aliphatic rings. The first-order valence-corrected chi connectivity index (χ1v) is 10.1. The quantitative estimate of drug-likeness (QED) is 0.386. The number of aliphatic imine (C=N–C) groups is 1. The van der Waals surface area contributed by atoms with Crippen molar-refractivity contribution < 1.29 is 4.74 Å². The number of unbranched alkanes of at least 4 members (excludes halogenated alkanes) is 1. The highest BCUT2D eigenvalue weighted by molar-refractivity contribution is 7.10. The van der Waals surface area contributed by atoms with Gasteiger partial charge in [-0.1, -0.05) is 0 Å². The van der Waals surface area contributed by atoms with E-state index in [1.54, 1.807) is 4.88 Å². The Morgan fingerprint density at radius 3 is 3.08 bits per heavy atom. The van der Waals surface area contributed by atoms with Crippen LogP contribution in [0.3, 0.4) is 0 Å². The molecule has 24 heavy (non-hydrogen) atoms. The summed E-state index contributed by atoms with van der Waals surface area (Å²) in [6.45, 7) is 11.8. The van der Waals surface area contributed by atoms with E-state index < -0.39 is 0 Å². The van der Waals surface area contributed by atoms with Crippen molar-refractivity contribution >= 4 is 17.3 Å². The van der Waals surface area contributed by atoms with Gasteiger partial charge in [0.15, 0.2) is 5.96 Å². The minimum atomic E-state index is 0.802. The fraction of sp³-hybridized carbons (Fsp3) is 0.722. The maximum absolute atomic E-state index is 5.35. The van der Waals surface area contributed by atoms with E-state index in [9.17, 15) is 0 Å². The molecule has 0 radical (unpaired) electrons. The zero-order valence-corrected chi connectivity index (χ0v) is 16.0. The van der Waals surface area contributed by atoms with Crippen LogP contribution in [0.25, 0.3) is 0 Å². The van der Waals surface area contributed by atoms with Crippen LogP contribution in [0.15, 0.2) is 16.4 Å². The second-order valence-electron chi connectivity index (χ2n) is 5.99. The molecule has 0 amide bonds. The molecule has 6 heteroatoms. The summed E-state index contributed by atoms with van der Waals surface area (Å²) in [4.78, 5) is 8.74. The van der Waals surface area contributed by atoms with Gasteiger partial charge in [-0.15, -0.1) is 11.3 Å². The molecule has 0 aromatic carbocycles. The van der Waals surface area contributed by atoms with E-state index in [4.69, 9.17) is 4.74 Å². The minimum absolute atomic E-state index is 0.802. The third-order valence-corrected chi connectivity index (χ3v) is 5.15. The predicted molar refractivity (Wildman–Crippen MR) is 103 cm³/mol. The van der Waals surface area contributed by atoms with Gasteiger partial charge in [0.2, 0.25) is 0 Å². The summed E-state index contributed by atoms with van der Waals surface area (Å²) in [5, 5.41) is 9.00. The van der Waals surface area contributed by atoms with E-state index in [1.165, 1.54) is 18.5 Å². The van der Waals surface area contributed by atoms with Crippen molar-refractivity contribution in [2.75, 3.05) is 45.9 Å². The smallest absolute Gasteiger partial charge is 0.191 e. The van der Waals surface area contributed by atoms with Gasteiger partial charge in [0.25, 0.3) is 0 Å². The molecular formula is C18H32N4OS. The first-order chi connectivity index (χ1) is 11.8. The molecule has 2 heterocycles. The number of hydrogen-bond donors (Lipinski definition) is 2. The van der Waals surface area contributed by atoms with Crippen molar-refractivity contribution in [3.05, 3.63) is 21.9 Å².